The van der Waals surface area contributed by atoms with Crippen LogP contribution < -0.4 is 0 Å². The third-order valence-electron chi connectivity index (χ3n) is 3.15. The van der Waals surface area contributed by atoms with E-state index in [1.54, 1.807) is 0 Å². The van der Waals surface area contributed by atoms with Gasteiger partial charge in [-0.3, -0.25) is 0 Å². The molecule has 0 aromatic carbocycles. The normalized spacial score (nSPS) is 44.8. The number of hydrogen-bond donors (Lipinski definition) is 1. The summed E-state index contributed by atoms with van der Waals surface area (Å²) in [7, 11) is 0. The fourth-order valence-electron chi connectivity index (χ4n) is 2.17. The average Bonchev–Trinajstić information content (AvgIpc) is 2.26. The Labute approximate surface area is 74.9 Å². The summed E-state index contributed by atoms with van der Waals surface area (Å²) in [6.07, 6.45) is 1.07. The van der Waals surface area contributed by atoms with Crippen LogP contribution in [0.2, 0.25) is 0 Å². The van der Waals surface area contributed by atoms with Crippen molar-refractivity contribution >= 4 is 0 Å². The van der Waals surface area contributed by atoms with Crippen LogP contribution >= 0.6 is 0 Å². The monoisotopic (exact) mass is 172 g/mol. The lowest BCUT2D eigenvalue weighted by Gasteiger charge is -2.23. The van der Waals surface area contributed by atoms with Gasteiger partial charge in [-0.15, -0.1) is 0 Å². The highest BCUT2D eigenvalue weighted by atomic mass is 16.5. The second kappa shape index (κ2) is 3.75. The number of aliphatic hydroxyl groups is 1. The molecule has 12 heavy (non-hydrogen) atoms. The Kier molecular flexibility index (Phi) is 3.13. The lowest BCUT2D eigenvalue weighted by molar-refractivity contribution is 0.0287. The van der Waals surface area contributed by atoms with Gasteiger partial charge in [0.25, 0.3) is 0 Å². The van der Waals surface area contributed by atoms with Crippen molar-refractivity contribution in [2.24, 2.45) is 11.8 Å². The van der Waals surface area contributed by atoms with E-state index in [1.807, 2.05) is 6.92 Å². The van der Waals surface area contributed by atoms with E-state index in [0.717, 1.165) is 6.42 Å². The number of aliphatic hydroxyl groups excluding tert-OH is 1. The summed E-state index contributed by atoms with van der Waals surface area (Å²) in [5.74, 6) is 0.880. The van der Waals surface area contributed by atoms with Gasteiger partial charge in [0.05, 0.1) is 18.3 Å². The Morgan fingerprint density at radius 2 is 1.92 bits per heavy atom. The number of rotatable bonds is 2. The van der Waals surface area contributed by atoms with Gasteiger partial charge in [-0.1, -0.05) is 20.3 Å². The first-order chi connectivity index (χ1) is 5.57. The molecule has 72 valence electrons. The molecule has 1 aliphatic rings. The molecule has 1 aliphatic heterocycles. The minimum Gasteiger partial charge on any atom is -0.390 e. The molecular weight excluding hydrogens is 152 g/mol. The summed E-state index contributed by atoms with van der Waals surface area (Å²) in [5.41, 5.74) is 0. The third-order valence-corrected chi connectivity index (χ3v) is 3.15. The van der Waals surface area contributed by atoms with Crippen LogP contribution in [-0.4, -0.2) is 23.4 Å². The highest BCUT2D eigenvalue weighted by molar-refractivity contribution is 4.88. The smallest absolute Gasteiger partial charge is 0.0854 e. The number of ether oxygens (including phenoxy) is 1. The van der Waals surface area contributed by atoms with E-state index in [9.17, 15) is 5.11 Å². The maximum atomic E-state index is 9.80. The molecule has 1 fully saturated rings. The Morgan fingerprint density at radius 1 is 1.33 bits per heavy atom. The average molecular weight is 172 g/mol. The van der Waals surface area contributed by atoms with Crippen LogP contribution in [-0.2, 0) is 4.74 Å². The molecule has 1 saturated heterocycles. The molecule has 0 aliphatic carbocycles. The van der Waals surface area contributed by atoms with E-state index in [0.29, 0.717) is 11.8 Å². The summed E-state index contributed by atoms with van der Waals surface area (Å²) in [5, 5.41) is 9.80. The van der Waals surface area contributed by atoms with E-state index < -0.39 is 0 Å². The van der Waals surface area contributed by atoms with Gasteiger partial charge in [-0.05, 0) is 19.8 Å². The molecule has 1 rings (SSSR count). The van der Waals surface area contributed by atoms with E-state index in [-0.39, 0.29) is 18.3 Å². The molecule has 0 spiro atoms. The van der Waals surface area contributed by atoms with Gasteiger partial charge in [-0.2, -0.15) is 0 Å². The van der Waals surface area contributed by atoms with Crippen molar-refractivity contribution in [1.29, 1.82) is 0 Å². The molecule has 0 aromatic heterocycles. The second-order valence-corrected chi connectivity index (χ2v) is 4.00. The highest BCUT2D eigenvalue weighted by Gasteiger charge is 2.40. The molecule has 2 nitrogen and oxygen atoms in total. The first-order valence-corrected chi connectivity index (χ1v) is 4.91. The van der Waals surface area contributed by atoms with Gasteiger partial charge < -0.3 is 9.84 Å². The second-order valence-electron chi connectivity index (χ2n) is 4.00. The fraction of sp³-hybridized carbons (Fsp3) is 1.00. The van der Waals surface area contributed by atoms with Crippen LogP contribution in [0.4, 0.5) is 0 Å². The fourth-order valence-corrected chi connectivity index (χ4v) is 2.17. The van der Waals surface area contributed by atoms with Crippen LogP contribution in [0.5, 0.6) is 0 Å². The van der Waals surface area contributed by atoms with Gasteiger partial charge >= 0.3 is 0 Å². The molecule has 5 atom stereocenters. The zero-order valence-corrected chi connectivity index (χ0v) is 8.45. The van der Waals surface area contributed by atoms with Crippen molar-refractivity contribution in [3.8, 4) is 0 Å². The zero-order chi connectivity index (χ0) is 9.30. The number of hydrogen-bond acceptors (Lipinski definition) is 2. The van der Waals surface area contributed by atoms with Gasteiger partial charge in [0.15, 0.2) is 0 Å². The summed E-state index contributed by atoms with van der Waals surface area (Å²) in [6.45, 7) is 8.35. The molecule has 2 heteroatoms. The van der Waals surface area contributed by atoms with Gasteiger partial charge in [0.1, 0.15) is 0 Å². The molecule has 0 amide bonds. The molecule has 1 N–H and O–H groups in total. The van der Waals surface area contributed by atoms with Crippen LogP contribution in [0.15, 0.2) is 0 Å². The molecule has 5 unspecified atom stereocenters. The SMILES string of the molecule is CCC(C)C1C(C)OC(C)C1O. The lowest BCUT2D eigenvalue weighted by atomic mass is 9.84. The van der Waals surface area contributed by atoms with Crippen molar-refractivity contribution in [1.82, 2.24) is 0 Å². The van der Waals surface area contributed by atoms with Crippen molar-refractivity contribution in [2.45, 2.75) is 52.4 Å². The highest BCUT2D eigenvalue weighted by Crippen LogP contribution is 2.33. The Balaban J connectivity index is 2.62. The Morgan fingerprint density at radius 3 is 2.25 bits per heavy atom. The van der Waals surface area contributed by atoms with Crippen LogP contribution in [0, 0.1) is 11.8 Å². The minimum absolute atomic E-state index is 0.0130. The van der Waals surface area contributed by atoms with E-state index in [2.05, 4.69) is 20.8 Å². The Hall–Kier alpha value is -0.0800. The van der Waals surface area contributed by atoms with Crippen LogP contribution in [0.3, 0.4) is 0 Å². The van der Waals surface area contributed by atoms with Gasteiger partial charge in [0, 0.05) is 5.92 Å². The molecular formula is C10H20O2. The van der Waals surface area contributed by atoms with E-state index in [1.165, 1.54) is 0 Å². The summed E-state index contributed by atoms with van der Waals surface area (Å²) in [6, 6.07) is 0. The first-order valence-electron chi connectivity index (χ1n) is 4.91. The predicted octanol–water partition coefficient (Wildman–Crippen LogP) is 1.82. The molecule has 0 bridgehead atoms. The van der Waals surface area contributed by atoms with Crippen LogP contribution in [0.1, 0.15) is 34.1 Å². The summed E-state index contributed by atoms with van der Waals surface area (Å²) < 4.78 is 5.56. The Bertz CT molecular complexity index is 143. The summed E-state index contributed by atoms with van der Waals surface area (Å²) in [4.78, 5) is 0. The van der Waals surface area contributed by atoms with Gasteiger partial charge in [0.2, 0.25) is 0 Å². The van der Waals surface area contributed by atoms with Gasteiger partial charge in [-0.25, -0.2) is 0 Å². The van der Waals surface area contributed by atoms with Crippen LogP contribution in [0.25, 0.3) is 0 Å². The third kappa shape index (κ3) is 1.64. The van der Waals surface area contributed by atoms with E-state index in [4.69, 9.17) is 4.74 Å². The minimum atomic E-state index is -0.269. The van der Waals surface area contributed by atoms with Crippen molar-refractivity contribution in [3.05, 3.63) is 0 Å². The molecule has 0 saturated carbocycles. The van der Waals surface area contributed by atoms with Crippen molar-refractivity contribution in [3.63, 3.8) is 0 Å². The first kappa shape index (κ1) is 10.0. The topological polar surface area (TPSA) is 29.5 Å². The molecule has 1 heterocycles. The summed E-state index contributed by atoms with van der Waals surface area (Å²) >= 11 is 0. The standard InChI is InChI=1S/C10H20O2/c1-5-6(2)9-7(3)12-8(4)10(9)11/h6-11H,5H2,1-4H3. The zero-order valence-electron chi connectivity index (χ0n) is 8.45. The molecule has 0 radical (unpaired) electrons. The predicted molar refractivity (Wildman–Crippen MR) is 49.0 cm³/mol. The van der Waals surface area contributed by atoms with Crippen molar-refractivity contribution in [2.75, 3.05) is 0 Å². The van der Waals surface area contributed by atoms with E-state index >= 15 is 0 Å². The largest absolute Gasteiger partial charge is 0.390 e. The van der Waals surface area contributed by atoms with Crippen molar-refractivity contribution < 1.29 is 9.84 Å². The quantitative estimate of drug-likeness (QED) is 0.688. The lowest BCUT2D eigenvalue weighted by Crippen LogP contribution is -2.30. The maximum absolute atomic E-state index is 9.80. The maximum Gasteiger partial charge on any atom is 0.0854 e. The molecule has 0 aromatic rings.